The molecule has 8 heteroatoms. The van der Waals surface area contributed by atoms with Crippen molar-refractivity contribution in [1.82, 2.24) is 14.5 Å². The van der Waals surface area contributed by atoms with Crippen LogP contribution in [0, 0.1) is 18.2 Å². The lowest BCUT2D eigenvalue weighted by atomic mass is 9.99. The van der Waals surface area contributed by atoms with Crippen LogP contribution in [0.3, 0.4) is 0 Å². The summed E-state index contributed by atoms with van der Waals surface area (Å²) >= 11 is 0. The zero-order valence-electron chi connectivity index (χ0n) is 10.8. The Labute approximate surface area is 118 Å². The van der Waals surface area contributed by atoms with E-state index in [-0.39, 0.29) is 17.5 Å². The fourth-order valence-corrected chi connectivity index (χ4v) is 2.51. The van der Waals surface area contributed by atoms with Crippen LogP contribution < -0.4 is 5.56 Å². The first-order valence-corrected chi connectivity index (χ1v) is 6.20. The van der Waals surface area contributed by atoms with Crippen LogP contribution in [-0.4, -0.2) is 43.1 Å². The first kappa shape index (κ1) is 13.8. The van der Waals surface area contributed by atoms with Crippen molar-refractivity contribution >= 4 is 11.0 Å². The minimum Gasteiger partial charge on any atom is -0.392 e. The molecule has 3 N–H and O–H groups in total. The number of hydrogen-bond donors (Lipinski definition) is 3. The van der Waals surface area contributed by atoms with E-state index in [2.05, 4.69) is 15.9 Å². The molecule has 2 aromatic rings. The smallest absolute Gasteiger partial charge is 0.263 e. The Kier molecular flexibility index (Phi) is 3.06. The van der Waals surface area contributed by atoms with Crippen LogP contribution in [0.15, 0.2) is 17.3 Å². The summed E-state index contributed by atoms with van der Waals surface area (Å²) in [5, 5.41) is 19.1. The van der Waals surface area contributed by atoms with Gasteiger partial charge < -0.3 is 24.5 Å². The van der Waals surface area contributed by atoms with Gasteiger partial charge in [-0.25, -0.2) is 9.37 Å². The Morgan fingerprint density at radius 1 is 1.71 bits per heavy atom. The van der Waals surface area contributed by atoms with Crippen molar-refractivity contribution in [2.75, 3.05) is 6.61 Å². The summed E-state index contributed by atoms with van der Waals surface area (Å²) in [4.78, 5) is 17.8. The minimum atomic E-state index is -1.54. The number of H-pyrrole nitrogens is 1. The Bertz CT molecular complexity index is 793. The number of halogens is 1. The number of rotatable bonds is 2. The molecule has 0 amide bonds. The number of fused-ring (bicyclic) bond motifs is 1. The van der Waals surface area contributed by atoms with Gasteiger partial charge in [0.1, 0.15) is 17.7 Å². The van der Waals surface area contributed by atoms with E-state index in [9.17, 15) is 19.4 Å². The largest absolute Gasteiger partial charge is 0.392 e. The standard InChI is InChI=1S/C13H12FN3O4/c1-2-13(5-18)8(19)3-9(21-13)17-4-7(14)10-11(17)15-6-16-12(10)20/h1,4,6,8-9,18-19H,3,5H2,(H,15,16,20). The minimum absolute atomic E-state index is 0.0441. The van der Waals surface area contributed by atoms with Gasteiger partial charge in [-0.3, -0.25) is 4.79 Å². The molecule has 1 aliphatic heterocycles. The molecule has 21 heavy (non-hydrogen) atoms. The molecule has 3 unspecified atom stereocenters. The summed E-state index contributed by atoms with van der Waals surface area (Å²) in [7, 11) is 0. The average Bonchev–Trinajstić information content (AvgIpc) is 2.98. The number of aromatic nitrogens is 3. The molecule has 0 bridgehead atoms. The number of aliphatic hydroxyl groups excluding tert-OH is 2. The molecule has 2 aromatic heterocycles. The predicted molar refractivity (Wildman–Crippen MR) is 69.7 cm³/mol. The van der Waals surface area contributed by atoms with Gasteiger partial charge in [0.2, 0.25) is 0 Å². The highest BCUT2D eigenvalue weighted by Gasteiger charge is 2.47. The van der Waals surface area contributed by atoms with Crippen molar-refractivity contribution < 1.29 is 19.3 Å². The van der Waals surface area contributed by atoms with Gasteiger partial charge in [-0.05, 0) is 0 Å². The number of terminal acetylenes is 1. The van der Waals surface area contributed by atoms with Crippen LogP contribution in [-0.2, 0) is 4.74 Å². The van der Waals surface area contributed by atoms with Gasteiger partial charge in [-0.1, -0.05) is 5.92 Å². The number of hydrogen-bond acceptors (Lipinski definition) is 5. The maximum atomic E-state index is 13.9. The molecule has 0 saturated carbocycles. The second kappa shape index (κ2) is 4.66. The molecule has 3 heterocycles. The van der Waals surface area contributed by atoms with E-state index >= 15 is 0 Å². The molecule has 3 atom stereocenters. The number of aromatic amines is 1. The SMILES string of the molecule is C#CC1(CO)OC(n2cc(F)c3c(=O)[nH]cnc32)CC1O. The van der Waals surface area contributed by atoms with Crippen LogP contribution in [0.25, 0.3) is 11.0 Å². The highest BCUT2D eigenvalue weighted by molar-refractivity contribution is 5.75. The fourth-order valence-electron chi connectivity index (χ4n) is 2.51. The van der Waals surface area contributed by atoms with Crippen molar-refractivity contribution in [3.05, 3.63) is 28.7 Å². The third-order valence-corrected chi connectivity index (χ3v) is 3.67. The van der Waals surface area contributed by atoms with E-state index < -0.39 is 35.9 Å². The Hall–Kier alpha value is -2.21. The normalized spacial score (nSPS) is 28.9. The molecular formula is C13H12FN3O4. The molecule has 7 nitrogen and oxygen atoms in total. The van der Waals surface area contributed by atoms with Gasteiger partial charge in [0.25, 0.3) is 5.56 Å². The number of nitrogens with zero attached hydrogens (tertiary/aromatic N) is 2. The third-order valence-electron chi connectivity index (χ3n) is 3.67. The summed E-state index contributed by atoms with van der Waals surface area (Å²) in [6.45, 7) is -0.573. The van der Waals surface area contributed by atoms with Gasteiger partial charge in [-0.15, -0.1) is 6.42 Å². The lowest BCUT2D eigenvalue weighted by molar-refractivity contribution is -0.0891. The van der Waals surface area contributed by atoms with Crippen LogP contribution in [0.1, 0.15) is 12.6 Å². The molecular weight excluding hydrogens is 281 g/mol. The Morgan fingerprint density at radius 2 is 2.48 bits per heavy atom. The van der Waals surface area contributed by atoms with Gasteiger partial charge in [0.15, 0.2) is 17.1 Å². The molecule has 0 aliphatic carbocycles. The summed E-state index contributed by atoms with van der Waals surface area (Å²) < 4.78 is 20.7. The van der Waals surface area contributed by atoms with Crippen molar-refractivity contribution in [1.29, 1.82) is 0 Å². The van der Waals surface area contributed by atoms with E-state index in [4.69, 9.17) is 11.2 Å². The molecule has 110 valence electrons. The first-order valence-electron chi connectivity index (χ1n) is 6.20. The maximum Gasteiger partial charge on any atom is 0.263 e. The number of ether oxygens (including phenoxy) is 1. The summed E-state index contributed by atoms with van der Waals surface area (Å²) in [5.74, 6) is 1.47. The molecule has 0 spiro atoms. The van der Waals surface area contributed by atoms with E-state index in [1.54, 1.807) is 0 Å². The number of aliphatic hydroxyl groups is 2. The van der Waals surface area contributed by atoms with Gasteiger partial charge >= 0.3 is 0 Å². The average molecular weight is 293 g/mol. The van der Waals surface area contributed by atoms with E-state index in [1.165, 1.54) is 4.57 Å². The van der Waals surface area contributed by atoms with Crippen LogP contribution in [0.2, 0.25) is 0 Å². The van der Waals surface area contributed by atoms with Gasteiger partial charge in [0, 0.05) is 12.6 Å². The Morgan fingerprint density at radius 3 is 3.10 bits per heavy atom. The zero-order chi connectivity index (χ0) is 15.2. The zero-order valence-corrected chi connectivity index (χ0v) is 10.8. The second-order valence-electron chi connectivity index (χ2n) is 4.83. The molecule has 0 aromatic carbocycles. The molecule has 1 fully saturated rings. The Balaban J connectivity index is 2.10. The summed E-state index contributed by atoms with van der Waals surface area (Å²) in [5.41, 5.74) is -2.07. The van der Waals surface area contributed by atoms with Crippen molar-refractivity contribution in [3.63, 3.8) is 0 Å². The van der Waals surface area contributed by atoms with Gasteiger partial charge in [0.05, 0.1) is 12.9 Å². The van der Waals surface area contributed by atoms with Crippen LogP contribution in [0.4, 0.5) is 4.39 Å². The highest BCUT2D eigenvalue weighted by atomic mass is 19.1. The summed E-state index contributed by atoms with van der Waals surface area (Å²) in [6, 6.07) is 0. The second-order valence-corrected chi connectivity index (χ2v) is 4.83. The fraction of sp³-hybridized carbons (Fsp3) is 0.385. The van der Waals surface area contributed by atoms with Crippen LogP contribution in [0.5, 0.6) is 0 Å². The molecule has 0 radical (unpaired) electrons. The first-order chi connectivity index (χ1) is 10.0. The molecule has 1 saturated heterocycles. The van der Waals surface area contributed by atoms with Crippen molar-refractivity contribution in [2.24, 2.45) is 0 Å². The van der Waals surface area contributed by atoms with Gasteiger partial charge in [-0.2, -0.15) is 0 Å². The third kappa shape index (κ3) is 1.86. The lowest BCUT2D eigenvalue weighted by Gasteiger charge is -2.23. The molecule has 3 rings (SSSR count). The van der Waals surface area contributed by atoms with Crippen LogP contribution >= 0.6 is 0 Å². The summed E-state index contributed by atoms with van der Waals surface area (Å²) in [6.07, 6.45) is 5.62. The quantitative estimate of drug-likeness (QED) is 0.649. The molecule has 1 aliphatic rings. The number of nitrogens with one attached hydrogen (secondary N) is 1. The highest BCUT2D eigenvalue weighted by Crippen LogP contribution is 2.37. The van der Waals surface area contributed by atoms with Crippen molar-refractivity contribution in [2.45, 2.75) is 24.4 Å². The monoisotopic (exact) mass is 293 g/mol. The topological polar surface area (TPSA) is 100 Å². The van der Waals surface area contributed by atoms with E-state index in [1.807, 2.05) is 0 Å². The predicted octanol–water partition coefficient (Wildman–Crippen LogP) is -0.492. The maximum absolute atomic E-state index is 13.9. The van der Waals surface area contributed by atoms with Crippen molar-refractivity contribution in [3.8, 4) is 12.3 Å². The van der Waals surface area contributed by atoms with E-state index in [0.29, 0.717) is 0 Å². The lowest BCUT2D eigenvalue weighted by Crippen LogP contribution is -2.41. The van der Waals surface area contributed by atoms with E-state index in [0.717, 1.165) is 12.5 Å².